The van der Waals surface area contributed by atoms with Crippen LogP contribution in [-0.4, -0.2) is 0 Å². The van der Waals surface area contributed by atoms with Gasteiger partial charge in [-0.05, 0) is 28.6 Å². The highest BCUT2D eigenvalue weighted by atomic mass is 15.2. The van der Waals surface area contributed by atoms with E-state index >= 15 is 0 Å². The molecule has 98 valence electrons. The molecular formula is C19H17N. The van der Waals surface area contributed by atoms with Gasteiger partial charge in [-0.25, -0.2) is 0 Å². The van der Waals surface area contributed by atoms with Gasteiger partial charge in [-0.15, -0.1) is 0 Å². The van der Waals surface area contributed by atoms with Gasteiger partial charge in [0, 0.05) is 12.2 Å². The molecule has 1 heterocycles. The molecule has 0 saturated carbocycles. The van der Waals surface area contributed by atoms with Crippen LogP contribution in [0.2, 0.25) is 0 Å². The van der Waals surface area contributed by atoms with Gasteiger partial charge in [-0.1, -0.05) is 73.3 Å². The molecule has 0 saturated heterocycles. The van der Waals surface area contributed by atoms with Crippen LogP contribution in [0.1, 0.15) is 5.56 Å². The van der Waals surface area contributed by atoms with Gasteiger partial charge in [0.15, 0.2) is 0 Å². The summed E-state index contributed by atoms with van der Waals surface area (Å²) in [6.45, 7) is 4.73. The van der Waals surface area contributed by atoms with Gasteiger partial charge in [0.25, 0.3) is 0 Å². The van der Waals surface area contributed by atoms with Gasteiger partial charge >= 0.3 is 0 Å². The second kappa shape index (κ2) is 5.62. The van der Waals surface area contributed by atoms with Crippen LogP contribution in [-0.2, 0) is 6.54 Å². The molecular weight excluding hydrogens is 242 g/mol. The van der Waals surface area contributed by atoms with E-state index in [0.29, 0.717) is 0 Å². The SMILES string of the molecule is C=CN1Cc2ccccc21.c1ccc2ccccc2c1. The van der Waals surface area contributed by atoms with Crippen molar-refractivity contribution in [3.05, 3.63) is 91.1 Å². The maximum atomic E-state index is 3.71. The summed E-state index contributed by atoms with van der Waals surface area (Å²) < 4.78 is 0. The van der Waals surface area contributed by atoms with Crippen molar-refractivity contribution in [2.75, 3.05) is 4.90 Å². The number of benzene rings is 3. The molecule has 0 spiro atoms. The molecule has 3 aromatic rings. The molecule has 0 atom stereocenters. The number of para-hydroxylation sites is 1. The number of nitrogens with zero attached hydrogens (tertiary/aromatic N) is 1. The molecule has 4 rings (SSSR count). The van der Waals surface area contributed by atoms with E-state index < -0.39 is 0 Å². The van der Waals surface area contributed by atoms with Crippen LogP contribution in [0, 0.1) is 0 Å². The first kappa shape index (κ1) is 12.5. The second-order valence-electron chi connectivity index (χ2n) is 4.79. The molecule has 0 amide bonds. The minimum atomic E-state index is 1.03. The standard InChI is InChI=1S/C10H8.C9H9N/c1-2-6-10-8-4-3-7-9(10)5-1;1-2-10-7-8-5-3-4-6-9(8)10/h1-8H;2-6H,1,7H2. The van der Waals surface area contributed by atoms with Gasteiger partial charge in [-0.2, -0.15) is 0 Å². The third kappa shape index (κ3) is 2.43. The Morgan fingerprint density at radius 1 is 0.750 bits per heavy atom. The fourth-order valence-corrected chi connectivity index (χ4v) is 2.40. The summed E-state index contributed by atoms with van der Waals surface area (Å²) in [5.74, 6) is 0. The van der Waals surface area contributed by atoms with Gasteiger partial charge in [0.05, 0.1) is 0 Å². The lowest BCUT2D eigenvalue weighted by Crippen LogP contribution is -2.25. The Labute approximate surface area is 119 Å². The van der Waals surface area contributed by atoms with Crippen molar-refractivity contribution in [3.63, 3.8) is 0 Å². The van der Waals surface area contributed by atoms with Crippen molar-refractivity contribution in [2.45, 2.75) is 6.54 Å². The molecule has 20 heavy (non-hydrogen) atoms. The zero-order chi connectivity index (χ0) is 13.8. The zero-order valence-corrected chi connectivity index (χ0v) is 11.4. The van der Waals surface area contributed by atoms with Crippen molar-refractivity contribution in [1.29, 1.82) is 0 Å². The van der Waals surface area contributed by atoms with E-state index in [1.165, 1.54) is 22.0 Å². The molecule has 0 radical (unpaired) electrons. The predicted octanol–water partition coefficient (Wildman–Crippen LogP) is 4.99. The largest absolute Gasteiger partial charge is 0.344 e. The lowest BCUT2D eigenvalue weighted by molar-refractivity contribution is 0.879. The minimum absolute atomic E-state index is 1.03. The number of anilines is 1. The van der Waals surface area contributed by atoms with Crippen LogP contribution >= 0.6 is 0 Å². The third-order valence-corrected chi connectivity index (χ3v) is 3.52. The van der Waals surface area contributed by atoms with Crippen molar-refractivity contribution < 1.29 is 0 Å². The predicted molar refractivity (Wildman–Crippen MR) is 86.8 cm³/mol. The van der Waals surface area contributed by atoms with Crippen molar-refractivity contribution in [3.8, 4) is 0 Å². The van der Waals surface area contributed by atoms with E-state index in [4.69, 9.17) is 0 Å². The van der Waals surface area contributed by atoms with Gasteiger partial charge in [0.2, 0.25) is 0 Å². The first-order chi connectivity index (χ1) is 9.88. The highest BCUT2D eigenvalue weighted by Crippen LogP contribution is 2.31. The number of hydrogen-bond acceptors (Lipinski definition) is 1. The molecule has 0 aromatic heterocycles. The van der Waals surface area contributed by atoms with Gasteiger partial charge in [-0.3, -0.25) is 0 Å². The van der Waals surface area contributed by atoms with E-state index in [0.717, 1.165) is 6.54 Å². The van der Waals surface area contributed by atoms with Crippen molar-refractivity contribution in [1.82, 2.24) is 0 Å². The molecule has 0 bridgehead atoms. The smallest absolute Gasteiger partial charge is 0.0496 e. The molecule has 0 unspecified atom stereocenters. The Bertz CT molecular complexity index is 665. The molecule has 3 aromatic carbocycles. The first-order valence-corrected chi connectivity index (χ1v) is 6.79. The number of hydrogen-bond donors (Lipinski definition) is 0. The van der Waals surface area contributed by atoms with Crippen LogP contribution in [0.3, 0.4) is 0 Å². The first-order valence-electron chi connectivity index (χ1n) is 6.79. The Morgan fingerprint density at radius 2 is 1.25 bits per heavy atom. The molecule has 1 heteroatoms. The molecule has 1 aliphatic rings. The lowest BCUT2D eigenvalue weighted by atomic mass is 10.1. The fourth-order valence-electron chi connectivity index (χ4n) is 2.40. The summed E-state index contributed by atoms with van der Waals surface area (Å²) in [7, 11) is 0. The Morgan fingerprint density at radius 3 is 1.75 bits per heavy atom. The van der Waals surface area contributed by atoms with E-state index in [1.54, 1.807) is 0 Å². The summed E-state index contributed by atoms with van der Waals surface area (Å²) in [6, 6.07) is 25.1. The quantitative estimate of drug-likeness (QED) is 0.595. The fraction of sp³-hybridized carbons (Fsp3) is 0.0526. The van der Waals surface area contributed by atoms with E-state index in [1.807, 2.05) is 6.20 Å². The summed E-state index contributed by atoms with van der Waals surface area (Å²) in [6.07, 6.45) is 1.86. The molecule has 0 fully saturated rings. The molecule has 1 nitrogen and oxygen atoms in total. The minimum Gasteiger partial charge on any atom is -0.344 e. The van der Waals surface area contributed by atoms with Crippen LogP contribution < -0.4 is 4.90 Å². The van der Waals surface area contributed by atoms with E-state index in [-0.39, 0.29) is 0 Å². The lowest BCUT2D eigenvalue weighted by Gasteiger charge is -2.32. The second-order valence-corrected chi connectivity index (χ2v) is 4.79. The Kier molecular flexibility index (Phi) is 3.51. The highest BCUT2D eigenvalue weighted by Gasteiger charge is 2.17. The summed E-state index contributed by atoms with van der Waals surface area (Å²) in [5, 5.41) is 2.62. The van der Waals surface area contributed by atoms with Crippen molar-refractivity contribution >= 4 is 16.5 Å². The summed E-state index contributed by atoms with van der Waals surface area (Å²) in [5.41, 5.74) is 2.72. The molecule has 1 aliphatic heterocycles. The van der Waals surface area contributed by atoms with Gasteiger partial charge < -0.3 is 4.90 Å². The molecule has 0 aliphatic carbocycles. The van der Waals surface area contributed by atoms with E-state index in [9.17, 15) is 0 Å². The summed E-state index contributed by atoms with van der Waals surface area (Å²) >= 11 is 0. The number of fused-ring (bicyclic) bond motifs is 2. The molecule has 0 N–H and O–H groups in total. The Hall–Kier alpha value is -2.54. The monoisotopic (exact) mass is 259 g/mol. The van der Waals surface area contributed by atoms with Crippen LogP contribution in [0.25, 0.3) is 10.8 Å². The normalized spacial score (nSPS) is 11.9. The third-order valence-electron chi connectivity index (χ3n) is 3.52. The highest BCUT2D eigenvalue weighted by molar-refractivity contribution is 5.82. The van der Waals surface area contributed by atoms with Crippen LogP contribution in [0.4, 0.5) is 5.69 Å². The average Bonchev–Trinajstić information content (AvgIpc) is 2.50. The number of rotatable bonds is 1. The van der Waals surface area contributed by atoms with Crippen molar-refractivity contribution in [2.24, 2.45) is 0 Å². The topological polar surface area (TPSA) is 3.24 Å². The maximum absolute atomic E-state index is 3.71. The average molecular weight is 259 g/mol. The van der Waals surface area contributed by atoms with Crippen LogP contribution in [0.15, 0.2) is 85.6 Å². The van der Waals surface area contributed by atoms with Crippen LogP contribution in [0.5, 0.6) is 0 Å². The zero-order valence-electron chi connectivity index (χ0n) is 11.4. The summed E-state index contributed by atoms with van der Waals surface area (Å²) in [4.78, 5) is 2.13. The maximum Gasteiger partial charge on any atom is 0.0496 e. The Balaban J connectivity index is 0.000000121. The van der Waals surface area contributed by atoms with Gasteiger partial charge in [0.1, 0.15) is 0 Å². The van der Waals surface area contributed by atoms with E-state index in [2.05, 4.69) is 84.3 Å².